The van der Waals surface area contributed by atoms with E-state index >= 15 is 0 Å². The van der Waals surface area contributed by atoms with Crippen molar-refractivity contribution in [1.82, 2.24) is 0 Å². The summed E-state index contributed by atoms with van der Waals surface area (Å²) in [5.41, 5.74) is 16.6. The molecule has 0 heterocycles. The van der Waals surface area contributed by atoms with Gasteiger partial charge in [-0.3, -0.25) is 14.4 Å². The number of rotatable bonds is 10. The smallest absolute Gasteiger partial charge is 0.319 e. The number of aliphatic hydroxyl groups excluding tert-OH is 1. The van der Waals surface area contributed by atoms with Crippen molar-refractivity contribution >= 4 is 17.9 Å². The maximum absolute atomic E-state index is 12.7. The third-order valence-electron chi connectivity index (χ3n) is 11.6. The molecule has 0 aromatic heterocycles. The molecule has 0 aromatic rings. The van der Waals surface area contributed by atoms with Gasteiger partial charge in [0.2, 0.25) is 0 Å². The Hall–Kier alpha value is -1.75. The van der Waals surface area contributed by atoms with Gasteiger partial charge >= 0.3 is 17.9 Å². The molecule has 228 valence electrons. The summed E-state index contributed by atoms with van der Waals surface area (Å²) in [5.74, 6) is 0.111. The third-order valence-corrected chi connectivity index (χ3v) is 11.6. The fourth-order valence-electron chi connectivity index (χ4n) is 9.74. The number of fused-ring (bicyclic) bond motifs is 5. The molecule has 4 unspecified atom stereocenters. The van der Waals surface area contributed by atoms with Gasteiger partial charge in [-0.1, -0.05) is 20.8 Å². The molecular formula is C30H51N3O7. The van der Waals surface area contributed by atoms with Crippen LogP contribution in [-0.4, -0.2) is 67.6 Å². The Morgan fingerprint density at radius 3 is 2.17 bits per heavy atom. The molecule has 4 aliphatic carbocycles. The van der Waals surface area contributed by atoms with Crippen LogP contribution in [-0.2, 0) is 28.6 Å². The number of carbonyl (C=O) groups excluding carboxylic acids is 3. The minimum Gasteiger partial charge on any atom is -0.461 e. The van der Waals surface area contributed by atoms with E-state index in [0.29, 0.717) is 31.1 Å². The van der Waals surface area contributed by atoms with E-state index in [1.54, 1.807) is 0 Å². The fourth-order valence-corrected chi connectivity index (χ4v) is 9.74. The fraction of sp³-hybridized carbons (Fsp3) is 0.900. The third kappa shape index (κ3) is 5.65. The van der Waals surface area contributed by atoms with Crippen molar-refractivity contribution in [2.75, 3.05) is 26.2 Å². The lowest BCUT2D eigenvalue weighted by Crippen LogP contribution is -2.63. The zero-order valence-electron chi connectivity index (χ0n) is 24.5. The number of nitrogens with two attached hydrogens (primary N) is 3. The SMILES string of the molecule is C[C@H](CCCO)[C@H]1CC[C@H]2C3[C@H](OC(=O)CN)CC4C[C@H](OC(=O)CN)CCC4(C)[C@H]3C[C@H](OC(=O)CN)C12C. The normalized spacial score (nSPS) is 41.2. The molecule has 0 aromatic carbocycles. The van der Waals surface area contributed by atoms with Crippen LogP contribution in [0.4, 0.5) is 0 Å². The Labute approximate surface area is 238 Å². The van der Waals surface area contributed by atoms with E-state index in [4.69, 9.17) is 31.4 Å². The van der Waals surface area contributed by atoms with Crippen molar-refractivity contribution in [1.29, 1.82) is 0 Å². The largest absolute Gasteiger partial charge is 0.461 e. The van der Waals surface area contributed by atoms with Crippen molar-refractivity contribution in [3.05, 3.63) is 0 Å². The van der Waals surface area contributed by atoms with E-state index in [1.165, 1.54) is 0 Å². The average molecular weight is 566 g/mol. The second-order valence-electron chi connectivity index (χ2n) is 13.4. The molecule has 10 heteroatoms. The molecule has 4 fully saturated rings. The maximum atomic E-state index is 12.7. The number of ether oxygens (including phenoxy) is 3. The second kappa shape index (κ2) is 12.6. The lowest BCUT2D eigenvalue weighted by atomic mass is 9.43. The van der Waals surface area contributed by atoms with Gasteiger partial charge in [0, 0.05) is 17.9 Å². The molecule has 0 bridgehead atoms. The molecule has 0 radical (unpaired) electrons. The van der Waals surface area contributed by atoms with Crippen molar-refractivity contribution in [2.45, 2.75) is 96.9 Å². The van der Waals surface area contributed by atoms with Gasteiger partial charge in [0.05, 0.1) is 19.6 Å². The Morgan fingerprint density at radius 2 is 1.52 bits per heavy atom. The molecule has 4 aliphatic rings. The summed E-state index contributed by atoms with van der Waals surface area (Å²) >= 11 is 0. The highest BCUT2D eigenvalue weighted by Gasteiger charge is 2.67. The van der Waals surface area contributed by atoms with Crippen LogP contribution in [0.15, 0.2) is 0 Å². The summed E-state index contributed by atoms with van der Waals surface area (Å²) in [6, 6.07) is 0. The van der Waals surface area contributed by atoms with Crippen LogP contribution < -0.4 is 17.2 Å². The Balaban J connectivity index is 1.72. The minimum absolute atomic E-state index is 0.0861. The lowest BCUT2D eigenvalue weighted by molar-refractivity contribution is -0.225. The van der Waals surface area contributed by atoms with Crippen LogP contribution in [0, 0.1) is 46.3 Å². The zero-order valence-corrected chi connectivity index (χ0v) is 24.5. The first-order valence-corrected chi connectivity index (χ1v) is 15.3. The monoisotopic (exact) mass is 565 g/mol. The number of hydrogen-bond donors (Lipinski definition) is 4. The van der Waals surface area contributed by atoms with Crippen molar-refractivity contribution < 1.29 is 33.7 Å². The highest BCUT2D eigenvalue weighted by Crippen LogP contribution is 2.69. The van der Waals surface area contributed by atoms with E-state index in [9.17, 15) is 19.5 Å². The Kier molecular flexibility index (Phi) is 9.85. The molecule has 0 saturated heterocycles. The molecule has 0 aliphatic heterocycles. The van der Waals surface area contributed by atoms with E-state index in [1.807, 2.05) is 0 Å². The van der Waals surface area contributed by atoms with E-state index in [0.717, 1.165) is 38.5 Å². The summed E-state index contributed by atoms with van der Waals surface area (Å²) in [6.07, 6.45) is 6.51. The van der Waals surface area contributed by atoms with Gasteiger partial charge in [-0.2, -0.15) is 0 Å². The molecule has 4 saturated carbocycles. The van der Waals surface area contributed by atoms with E-state index in [2.05, 4.69) is 20.8 Å². The van der Waals surface area contributed by atoms with Gasteiger partial charge in [-0.25, -0.2) is 0 Å². The first-order chi connectivity index (χ1) is 19.0. The van der Waals surface area contributed by atoms with Crippen molar-refractivity contribution in [3.8, 4) is 0 Å². The predicted molar refractivity (Wildman–Crippen MR) is 148 cm³/mol. The number of hydrogen-bond acceptors (Lipinski definition) is 10. The molecule has 0 spiro atoms. The number of carbonyl (C=O) groups is 3. The van der Waals surface area contributed by atoms with Crippen LogP contribution in [0.3, 0.4) is 0 Å². The van der Waals surface area contributed by atoms with Crippen LogP contribution in [0.1, 0.15) is 78.6 Å². The Morgan fingerprint density at radius 1 is 0.875 bits per heavy atom. The van der Waals surface area contributed by atoms with Crippen LogP contribution >= 0.6 is 0 Å². The quantitative estimate of drug-likeness (QED) is 0.226. The van der Waals surface area contributed by atoms with Gasteiger partial charge < -0.3 is 36.5 Å². The first-order valence-electron chi connectivity index (χ1n) is 15.3. The van der Waals surface area contributed by atoms with Crippen LogP contribution in [0.5, 0.6) is 0 Å². The molecular weight excluding hydrogens is 514 g/mol. The van der Waals surface area contributed by atoms with Gasteiger partial charge in [-0.15, -0.1) is 0 Å². The van der Waals surface area contributed by atoms with E-state index < -0.39 is 17.9 Å². The highest BCUT2D eigenvalue weighted by atomic mass is 16.6. The molecule has 0 amide bonds. The van der Waals surface area contributed by atoms with Crippen LogP contribution in [0.2, 0.25) is 0 Å². The van der Waals surface area contributed by atoms with E-state index in [-0.39, 0.29) is 79.1 Å². The van der Waals surface area contributed by atoms with Gasteiger partial charge in [0.25, 0.3) is 0 Å². The summed E-state index contributed by atoms with van der Waals surface area (Å²) in [6.45, 7) is 6.52. The molecule has 10 nitrogen and oxygen atoms in total. The Bertz CT molecular complexity index is 933. The summed E-state index contributed by atoms with van der Waals surface area (Å²) < 4.78 is 18.0. The number of aliphatic hydroxyl groups is 1. The summed E-state index contributed by atoms with van der Waals surface area (Å²) in [5, 5.41) is 9.50. The molecule has 7 N–H and O–H groups in total. The van der Waals surface area contributed by atoms with Gasteiger partial charge in [0.15, 0.2) is 0 Å². The molecule has 11 atom stereocenters. The van der Waals surface area contributed by atoms with Gasteiger partial charge in [0.1, 0.15) is 18.3 Å². The number of esters is 3. The standard InChI is InChI=1S/C30H51N3O7/c1-17(5-4-10-34)20-6-7-21-28-22(13-24(30(20,21)3)40-27(37)16-33)29(2)9-8-19(38-25(35)14-31)11-18(29)12-23(28)39-26(36)15-32/h17-24,28,34H,4-16,31-33H2,1-3H3/t17-,18?,19-,20-,21+,22+,23-,24+,28?,29?,30?/m1/s1. The summed E-state index contributed by atoms with van der Waals surface area (Å²) in [4.78, 5) is 37.3. The topological polar surface area (TPSA) is 177 Å². The minimum atomic E-state index is -0.404. The second-order valence-corrected chi connectivity index (χ2v) is 13.4. The highest BCUT2D eigenvalue weighted by molar-refractivity contribution is 5.72. The molecule has 4 rings (SSSR count). The van der Waals surface area contributed by atoms with Crippen molar-refractivity contribution in [3.63, 3.8) is 0 Å². The predicted octanol–water partition coefficient (Wildman–Crippen LogP) is 1.89. The summed E-state index contributed by atoms with van der Waals surface area (Å²) in [7, 11) is 0. The lowest BCUT2D eigenvalue weighted by Gasteiger charge is -2.64. The van der Waals surface area contributed by atoms with Gasteiger partial charge in [-0.05, 0) is 92.8 Å². The maximum Gasteiger partial charge on any atom is 0.319 e. The van der Waals surface area contributed by atoms with Crippen LogP contribution in [0.25, 0.3) is 0 Å². The average Bonchev–Trinajstić information content (AvgIpc) is 3.30. The zero-order chi connectivity index (χ0) is 29.2. The molecule has 40 heavy (non-hydrogen) atoms. The van der Waals surface area contributed by atoms with Crippen molar-refractivity contribution in [2.24, 2.45) is 63.5 Å². The first kappa shape index (κ1) is 31.2.